The number of alkyl halides is 6. The Labute approximate surface area is 106 Å². The molecule has 2 aliphatic rings. The third-order valence-electron chi connectivity index (χ3n) is 4.19. The standard InChI is InChI=1S/C12H14F6O/c13-11(14,15)10(19,12(16,17)18)6-7-1-2-8-3-4-9(8)5-7/h3-4,7-9,19H,1-2,5-6H2. The van der Waals surface area contributed by atoms with Gasteiger partial charge in [-0.2, -0.15) is 26.3 Å². The van der Waals surface area contributed by atoms with Crippen LogP contribution in [-0.4, -0.2) is 23.1 Å². The highest BCUT2D eigenvalue weighted by molar-refractivity contribution is 5.11. The summed E-state index contributed by atoms with van der Waals surface area (Å²) < 4.78 is 75.4. The average molecular weight is 288 g/mol. The van der Waals surface area contributed by atoms with Crippen LogP contribution in [0.3, 0.4) is 0 Å². The van der Waals surface area contributed by atoms with Crippen molar-refractivity contribution in [3.63, 3.8) is 0 Å². The molecule has 0 amide bonds. The zero-order chi connectivity index (χ0) is 14.5. The lowest BCUT2D eigenvalue weighted by Gasteiger charge is -2.42. The fraction of sp³-hybridized carbons (Fsp3) is 0.833. The summed E-state index contributed by atoms with van der Waals surface area (Å²) in [5, 5.41) is 9.14. The van der Waals surface area contributed by atoms with Crippen LogP contribution in [0.5, 0.6) is 0 Å². The van der Waals surface area contributed by atoms with Gasteiger partial charge in [-0.15, -0.1) is 0 Å². The monoisotopic (exact) mass is 288 g/mol. The van der Waals surface area contributed by atoms with E-state index in [0.717, 1.165) is 0 Å². The zero-order valence-electron chi connectivity index (χ0n) is 9.93. The summed E-state index contributed by atoms with van der Waals surface area (Å²) in [5.74, 6) is -0.384. The van der Waals surface area contributed by atoms with Gasteiger partial charge >= 0.3 is 12.4 Å². The van der Waals surface area contributed by atoms with E-state index in [2.05, 4.69) is 0 Å². The van der Waals surface area contributed by atoms with Gasteiger partial charge in [0.05, 0.1) is 0 Å². The van der Waals surface area contributed by atoms with Crippen LogP contribution in [0.1, 0.15) is 25.7 Å². The Morgan fingerprint density at radius 3 is 1.79 bits per heavy atom. The van der Waals surface area contributed by atoms with Crippen LogP contribution in [0.15, 0.2) is 12.2 Å². The topological polar surface area (TPSA) is 20.2 Å². The van der Waals surface area contributed by atoms with Gasteiger partial charge in [0.1, 0.15) is 0 Å². The van der Waals surface area contributed by atoms with E-state index in [9.17, 15) is 26.3 Å². The highest BCUT2D eigenvalue weighted by Crippen LogP contribution is 2.50. The molecule has 0 heterocycles. The molecule has 2 aliphatic carbocycles. The molecule has 7 heteroatoms. The molecule has 0 aliphatic heterocycles. The maximum Gasteiger partial charge on any atom is 0.426 e. The van der Waals surface area contributed by atoms with Gasteiger partial charge < -0.3 is 5.11 Å². The van der Waals surface area contributed by atoms with Crippen LogP contribution < -0.4 is 0 Å². The second-order valence-electron chi connectivity index (χ2n) is 5.45. The van der Waals surface area contributed by atoms with Gasteiger partial charge in [-0.05, 0) is 43.4 Å². The zero-order valence-corrected chi connectivity index (χ0v) is 9.93. The molecular weight excluding hydrogens is 274 g/mol. The Morgan fingerprint density at radius 1 is 0.895 bits per heavy atom. The molecule has 3 unspecified atom stereocenters. The number of fused-ring (bicyclic) bond motifs is 1. The summed E-state index contributed by atoms with van der Waals surface area (Å²) in [4.78, 5) is 0. The van der Waals surface area contributed by atoms with E-state index >= 15 is 0 Å². The first kappa shape index (κ1) is 14.7. The van der Waals surface area contributed by atoms with Gasteiger partial charge in [-0.25, -0.2) is 0 Å². The van der Waals surface area contributed by atoms with Crippen LogP contribution in [0.2, 0.25) is 0 Å². The summed E-state index contributed by atoms with van der Waals surface area (Å²) >= 11 is 0. The number of halogens is 6. The van der Waals surface area contributed by atoms with E-state index in [1.54, 1.807) is 0 Å². The summed E-state index contributed by atoms with van der Waals surface area (Å²) in [7, 11) is 0. The Kier molecular flexibility index (Phi) is 3.40. The third kappa shape index (κ3) is 2.49. The maximum absolute atomic E-state index is 12.6. The smallest absolute Gasteiger partial charge is 0.374 e. The van der Waals surface area contributed by atoms with Gasteiger partial charge in [0.2, 0.25) is 0 Å². The highest BCUT2D eigenvalue weighted by atomic mass is 19.4. The lowest BCUT2D eigenvalue weighted by Crippen LogP contribution is -2.58. The van der Waals surface area contributed by atoms with Crippen molar-refractivity contribution in [1.29, 1.82) is 0 Å². The molecule has 0 spiro atoms. The number of rotatable bonds is 2. The normalized spacial score (nSPS) is 31.8. The number of aliphatic hydroxyl groups is 1. The largest absolute Gasteiger partial charge is 0.426 e. The Hall–Kier alpha value is -0.720. The molecule has 0 saturated heterocycles. The van der Waals surface area contributed by atoms with E-state index in [1.807, 2.05) is 12.2 Å². The Balaban J connectivity index is 2.11. The minimum absolute atomic E-state index is 0.0736. The molecule has 0 aromatic rings. The van der Waals surface area contributed by atoms with Gasteiger partial charge in [-0.1, -0.05) is 12.2 Å². The SMILES string of the molecule is OC(CC1CCC2C=CC2C1)(C(F)(F)F)C(F)(F)F. The first-order chi connectivity index (χ1) is 8.54. The quantitative estimate of drug-likeness (QED) is 0.604. The van der Waals surface area contributed by atoms with Crippen molar-refractivity contribution in [2.24, 2.45) is 17.8 Å². The van der Waals surface area contributed by atoms with Crippen molar-refractivity contribution in [2.45, 2.75) is 43.6 Å². The summed E-state index contributed by atoms with van der Waals surface area (Å²) in [5.41, 5.74) is -4.59. The number of hydrogen-bond donors (Lipinski definition) is 1. The third-order valence-corrected chi connectivity index (χ3v) is 4.19. The van der Waals surface area contributed by atoms with Gasteiger partial charge in [-0.3, -0.25) is 0 Å². The van der Waals surface area contributed by atoms with Crippen molar-refractivity contribution >= 4 is 0 Å². The molecule has 110 valence electrons. The van der Waals surface area contributed by atoms with Crippen LogP contribution in [0.25, 0.3) is 0 Å². The lowest BCUT2D eigenvalue weighted by atomic mass is 9.66. The molecule has 1 fully saturated rings. The molecule has 0 bridgehead atoms. The molecule has 0 aromatic heterocycles. The van der Waals surface area contributed by atoms with Gasteiger partial charge in [0.15, 0.2) is 0 Å². The van der Waals surface area contributed by atoms with Crippen LogP contribution in [0.4, 0.5) is 26.3 Å². The second-order valence-corrected chi connectivity index (χ2v) is 5.45. The predicted octanol–water partition coefficient (Wildman–Crippen LogP) is 3.83. The first-order valence-electron chi connectivity index (χ1n) is 6.09. The van der Waals surface area contributed by atoms with E-state index < -0.39 is 30.3 Å². The molecule has 19 heavy (non-hydrogen) atoms. The fourth-order valence-electron chi connectivity index (χ4n) is 2.92. The molecule has 0 aromatic carbocycles. The van der Waals surface area contributed by atoms with Crippen molar-refractivity contribution in [2.75, 3.05) is 0 Å². The Bertz CT molecular complexity index is 355. The summed E-state index contributed by atoms with van der Waals surface area (Å²) in [6.45, 7) is 0. The van der Waals surface area contributed by atoms with Crippen molar-refractivity contribution in [3.8, 4) is 0 Å². The van der Waals surface area contributed by atoms with Crippen molar-refractivity contribution < 1.29 is 31.4 Å². The van der Waals surface area contributed by atoms with Crippen molar-refractivity contribution in [1.82, 2.24) is 0 Å². The molecule has 1 N–H and O–H groups in total. The molecule has 3 atom stereocenters. The van der Waals surface area contributed by atoms with Gasteiger partial charge in [0.25, 0.3) is 5.60 Å². The van der Waals surface area contributed by atoms with E-state index in [-0.39, 0.29) is 12.3 Å². The average Bonchev–Trinajstić information content (AvgIpc) is 2.19. The minimum atomic E-state index is -5.70. The number of allylic oxidation sites excluding steroid dienone is 2. The summed E-state index contributed by atoms with van der Waals surface area (Å²) in [6.07, 6.45) is -7.77. The lowest BCUT2D eigenvalue weighted by molar-refractivity contribution is -0.373. The minimum Gasteiger partial charge on any atom is -0.374 e. The van der Waals surface area contributed by atoms with E-state index in [1.165, 1.54) is 0 Å². The first-order valence-corrected chi connectivity index (χ1v) is 6.09. The van der Waals surface area contributed by atoms with Crippen LogP contribution in [0, 0.1) is 17.8 Å². The summed E-state index contributed by atoms with van der Waals surface area (Å²) in [6, 6.07) is 0. The van der Waals surface area contributed by atoms with E-state index in [4.69, 9.17) is 5.11 Å². The van der Waals surface area contributed by atoms with Gasteiger partial charge in [0, 0.05) is 0 Å². The maximum atomic E-state index is 12.6. The van der Waals surface area contributed by atoms with Crippen LogP contribution >= 0.6 is 0 Å². The molecule has 2 rings (SSSR count). The molecule has 1 saturated carbocycles. The highest BCUT2D eigenvalue weighted by Gasteiger charge is 2.70. The predicted molar refractivity (Wildman–Crippen MR) is 55.1 cm³/mol. The number of hydrogen-bond acceptors (Lipinski definition) is 1. The molecule has 0 radical (unpaired) electrons. The molecular formula is C12H14F6O. The fourth-order valence-corrected chi connectivity index (χ4v) is 2.92. The Morgan fingerprint density at radius 2 is 1.42 bits per heavy atom. The van der Waals surface area contributed by atoms with E-state index in [0.29, 0.717) is 18.8 Å². The molecule has 1 nitrogen and oxygen atoms in total. The second kappa shape index (κ2) is 4.40. The van der Waals surface area contributed by atoms with Crippen molar-refractivity contribution in [3.05, 3.63) is 12.2 Å². The van der Waals surface area contributed by atoms with Crippen LogP contribution in [-0.2, 0) is 0 Å².